The van der Waals surface area contributed by atoms with Gasteiger partial charge < -0.3 is 19.7 Å². The van der Waals surface area contributed by atoms with E-state index in [1.165, 1.54) is 5.56 Å². The maximum Gasteiger partial charge on any atom is 0.308 e. The van der Waals surface area contributed by atoms with Crippen LogP contribution in [0.3, 0.4) is 0 Å². The summed E-state index contributed by atoms with van der Waals surface area (Å²) in [6, 6.07) is 16.0. The number of benzene rings is 2. The summed E-state index contributed by atoms with van der Waals surface area (Å²) in [5, 5.41) is 5.54. The van der Waals surface area contributed by atoms with Gasteiger partial charge in [-0.1, -0.05) is 56.3 Å². The van der Waals surface area contributed by atoms with Crippen LogP contribution >= 0.6 is 12.2 Å². The van der Waals surface area contributed by atoms with Crippen LogP contribution < -0.4 is 15.4 Å². The molecule has 2 aromatic rings. The highest BCUT2D eigenvalue weighted by atomic mass is 32.1. The van der Waals surface area contributed by atoms with Crippen LogP contribution in [0, 0.1) is 5.92 Å². The quantitative estimate of drug-likeness (QED) is 0.263. The Balaban J connectivity index is 1.55. The maximum absolute atomic E-state index is 13.0. The van der Waals surface area contributed by atoms with Gasteiger partial charge in [0.2, 0.25) is 5.91 Å². The fourth-order valence-corrected chi connectivity index (χ4v) is 4.22. The molecule has 1 aliphatic heterocycles. The minimum atomic E-state index is -0.860. The Morgan fingerprint density at radius 2 is 1.84 bits per heavy atom. The van der Waals surface area contributed by atoms with Crippen LogP contribution in [0.5, 0.6) is 5.75 Å². The van der Waals surface area contributed by atoms with E-state index in [9.17, 15) is 14.4 Å². The molecule has 0 spiro atoms. The topological polar surface area (TPSA) is 97.0 Å². The molecule has 0 saturated carbocycles. The molecule has 9 heteroatoms. The number of amides is 2. The van der Waals surface area contributed by atoms with Crippen molar-refractivity contribution in [2.45, 2.75) is 45.6 Å². The van der Waals surface area contributed by atoms with Gasteiger partial charge in [0, 0.05) is 13.1 Å². The van der Waals surface area contributed by atoms with E-state index in [1.54, 1.807) is 29.2 Å². The largest absolute Gasteiger partial charge is 0.493 e. The van der Waals surface area contributed by atoms with E-state index < -0.39 is 17.9 Å². The predicted molar refractivity (Wildman–Crippen MR) is 145 cm³/mol. The van der Waals surface area contributed by atoms with E-state index in [4.69, 9.17) is 21.7 Å². The van der Waals surface area contributed by atoms with Gasteiger partial charge in [-0.3, -0.25) is 19.7 Å². The Hall–Kier alpha value is -3.46. The molecule has 198 valence electrons. The molecule has 2 N–H and O–H groups in total. The van der Waals surface area contributed by atoms with Gasteiger partial charge in [-0.25, -0.2) is 0 Å². The average Bonchev–Trinajstić information content (AvgIpc) is 2.88. The molecular weight excluding hydrogens is 490 g/mol. The number of aryl methyl sites for hydroxylation is 1. The molecule has 1 atom stereocenters. The Bertz CT molecular complexity index is 1080. The first-order valence-corrected chi connectivity index (χ1v) is 13.1. The molecule has 2 aromatic carbocycles. The zero-order chi connectivity index (χ0) is 26.6. The van der Waals surface area contributed by atoms with Gasteiger partial charge >= 0.3 is 5.97 Å². The van der Waals surface area contributed by atoms with Crippen LogP contribution in [0.2, 0.25) is 0 Å². The summed E-state index contributed by atoms with van der Waals surface area (Å²) in [6.45, 7) is 5.68. The average molecular weight is 526 g/mol. The zero-order valence-electron chi connectivity index (χ0n) is 21.4. The number of rotatable bonds is 11. The minimum Gasteiger partial charge on any atom is -0.493 e. The molecule has 3 rings (SSSR count). The highest BCUT2D eigenvalue weighted by Gasteiger charge is 2.34. The van der Waals surface area contributed by atoms with Crippen molar-refractivity contribution in [2.75, 3.05) is 26.3 Å². The normalized spacial score (nSPS) is 15.2. The lowest BCUT2D eigenvalue weighted by Crippen LogP contribution is -2.60. The van der Waals surface area contributed by atoms with E-state index in [2.05, 4.69) is 24.5 Å². The molecule has 0 aromatic heterocycles. The number of carbonyl (C=O) groups is 3. The zero-order valence-corrected chi connectivity index (χ0v) is 22.2. The molecule has 2 amide bonds. The summed E-state index contributed by atoms with van der Waals surface area (Å²) in [7, 11) is 0. The fraction of sp³-hybridized carbons (Fsp3) is 0.429. The Morgan fingerprint density at radius 3 is 2.59 bits per heavy atom. The Morgan fingerprint density at radius 1 is 1.11 bits per heavy atom. The first-order chi connectivity index (χ1) is 17.8. The standard InChI is InChI=1S/C28H35N3O5S/c1-20(2)14-18-35-24-13-7-6-12-22(24)26(33)30-28(37)31-16-15-29-27(34)23(31)19-25(32)36-17-8-11-21-9-4-3-5-10-21/h3-7,9-10,12-13,20,23H,8,11,14-19H2,1-2H3,(H,29,34)(H,30,33,37). The predicted octanol–water partition coefficient (Wildman–Crippen LogP) is 3.49. The second-order valence-corrected chi connectivity index (χ2v) is 9.69. The molecule has 1 fully saturated rings. The van der Waals surface area contributed by atoms with E-state index >= 15 is 0 Å². The van der Waals surface area contributed by atoms with Crippen molar-refractivity contribution in [1.82, 2.24) is 15.5 Å². The molecule has 1 aliphatic rings. The number of ether oxygens (including phenoxy) is 2. The van der Waals surface area contributed by atoms with E-state index in [0.717, 1.165) is 12.8 Å². The van der Waals surface area contributed by atoms with Crippen LogP contribution in [0.1, 0.15) is 49.0 Å². The molecule has 1 saturated heterocycles. The van der Waals surface area contributed by atoms with E-state index in [-0.39, 0.29) is 24.0 Å². The molecule has 1 heterocycles. The summed E-state index contributed by atoms with van der Waals surface area (Å²) < 4.78 is 11.2. The van der Waals surface area contributed by atoms with Crippen LogP contribution in [0.4, 0.5) is 0 Å². The Labute approximate surface area is 223 Å². The van der Waals surface area contributed by atoms with Crippen LogP contribution in [0.15, 0.2) is 54.6 Å². The number of para-hydroxylation sites is 1. The van der Waals surface area contributed by atoms with Crippen molar-refractivity contribution in [3.8, 4) is 5.75 Å². The van der Waals surface area contributed by atoms with Gasteiger partial charge in [-0.15, -0.1) is 0 Å². The smallest absolute Gasteiger partial charge is 0.308 e. The number of esters is 1. The highest BCUT2D eigenvalue weighted by molar-refractivity contribution is 7.80. The van der Waals surface area contributed by atoms with E-state index in [1.807, 2.05) is 30.3 Å². The first kappa shape index (κ1) is 28.1. The van der Waals surface area contributed by atoms with Gasteiger partial charge in [0.05, 0.1) is 25.2 Å². The number of hydrogen-bond acceptors (Lipinski definition) is 6. The van der Waals surface area contributed by atoms with Gasteiger partial charge in [-0.05, 0) is 55.1 Å². The minimum absolute atomic E-state index is 0.0821. The van der Waals surface area contributed by atoms with Crippen molar-refractivity contribution in [2.24, 2.45) is 5.92 Å². The fourth-order valence-electron chi connectivity index (χ4n) is 3.91. The van der Waals surface area contributed by atoms with Crippen molar-refractivity contribution < 1.29 is 23.9 Å². The summed E-state index contributed by atoms with van der Waals surface area (Å²) in [5.41, 5.74) is 1.52. The number of nitrogens with one attached hydrogen (secondary N) is 2. The number of carbonyl (C=O) groups excluding carboxylic acids is 3. The van der Waals surface area contributed by atoms with Gasteiger partial charge in [0.1, 0.15) is 11.8 Å². The molecule has 1 unspecified atom stereocenters. The Kier molecular flexibility index (Phi) is 10.9. The van der Waals surface area contributed by atoms with Crippen molar-refractivity contribution in [3.05, 3.63) is 65.7 Å². The third-order valence-electron chi connectivity index (χ3n) is 5.97. The van der Waals surface area contributed by atoms with Gasteiger partial charge in [0.15, 0.2) is 5.11 Å². The molecule has 8 nitrogen and oxygen atoms in total. The third-order valence-corrected chi connectivity index (χ3v) is 6.31. The van der Waals surface area contributed by atoms with Crippen molar-refractivity contribution >= 4 is 35.1 Å². The van der Waals surface area contributed by atoms with Crippen LogP contribution in [-0.2, 0) is 20.7 Å². The lowest BCUT2D eigenvalue weighted by Gasteiger charge is -2.36. The number of thiocarbonyl (C=S) groups is 1. The second kappa shape index (κ2) is 14.3. The summed E-state index contributed by atoms with van der Waals surface area (Å²) in [5.74, 6) is -0.306. The molecule has 37 heavy (non-hydrogen) atoms. The van der Waals surface area contributed by atoms with Gasteiger partial charge in [0.25, 0.3) is 5.91 Å². The SMILES string of the molecule is CC(C)CCOc1ccccc1C(=O)NC(=S)N1CCNC(=O)C1CC(=O)OCCCc1ccccc1. The summed E-state index contributed by atoms with van der Waals surface area (Å²) in [4.78, 5) is 39.7. The summed E-state index contributed by atoms with van der Waals surface area (Å²) in [6.07, 6.45) is 2.18. The molecule has 0 bridgehead atoms. The number of nitrogens with zero attached hydrogens (tertiary/aromatic N) is 1. The van der Waals surface area contributed by atoms with Crippen LogP contribution in [-0.4, -0.2) is 60.1 Å². The van der Waals surface area contributed by atoms with Gasteiger partial charge in [-0.2, -0.15) is 0 Å². The van der Waals surface area contributed by atoms with Crippen molar-refractivity contribution in [1.29, 1.82) is 0 Å². The lowest BCUT2D eigenvalue weighted by molar-refractivity contribution is -0.147. The molecule has 0 radical (unpaired) electrons. The molecular formula is C28H35N3O5S. The lowest BCUT2D eigenvalue weighted by atomic mass is 10.1. The third kappa shape index (κ3) is 8.86. The summed E-state index contributed by atoms with van der Waals surface area (Å²) >= 11 is 5.48. The monoisotopic (exact) mass is 525 g/mol. The highest BCUT2D eigenvalue weighted by Crippen LogP contribution is 2.19. The second-order valence-electron chi connectivity index (χ2n) is 9.30. The van der Waals surface area contributed by atoms with E-state index in [0.29, 0.717) is 43.3 Å². The molecule has 0 aliphatic carbocycles. The van der Waals surface area contributed by atoms with Crippen LogP contribution in [0.25, 0.3) is 0 Å². The van der Waals surface area contributed by atoms with Crippen molar-refractivity contribution in [3.63, 3.8) is 0 Å². The number of hydrogen-bond donors (Lipinski definition) is 2. The first-order valence-electron chi connectivity index (χ1n) is 12.7. The number of piperazine rings is 1. The maximum atomic E-state index is 13.0.